The van der Waals surface area contributed by atoms with Crippen LogP contribution in [0.4, 0.5) is 0 Å². The van der Waals surface area contributed by atoms with Gasteiger partial charge in [-0.1, -0.05) is 24.3 Å². The highest BCUT2D eigenvalue weighted by Gasteiger charge is 2.28. The van der Waals surface area contributed by atoms with Crippen LogP contribution in [0.3, 0.4) is 0 Å². The molecule has 6 heteroatoms. The van der Waals surface area contributed by atoms with Crippen molar-refractivity contribution >= 4 is 0 Å². The second-order valence-corrected chi connectivity index (χ2v) is 4.15. The maximum absolute atomic E-state index is 9.20. The van der Waals surface area contributed by atoms with Gasteiger partial charge in [-0.15, -0.1) is 0 Å². The molecule has 0 spiro atoms. The van der Waals surface area contributed by atoms with Gasteiger partial charge in [0.15, 0.2) is 0 Å². The summed E-state index contributed by atoms with van der Waals surface area (Å²) in [6.07, 6.45) is 0. The van der Waals surface area contributed by atoms with Gasteiger partial charge in [0.1, 0.15) is 23.9 Å². The van der Waals surface area contributed by atoms with E-state index in [0.29, 0.717) is 11.1 Å². The Kier molecular flexibility index (Phi) is 5.21. The Bertz CT molecular complexity index is 582. The number of nitriles is 4. The molecule has 0 aliphatic carbocycles. The molecule has 0 saturated carbocycles. The highest BCUT2D eigenvalue weighted by molar-refractivity contribution is 5.42. The minimum atomic E-state index is -1.01. The van der Waals surface area contributed by atoms with Crippen LogP contribution < -0.4 is 11.5 Å². The summed E-state index contributed by atoms with van der Waals surface area (Å²) in [5.41, 5.74) is 12.2. The van der Waals surface area contributed by atoms with Crippen molar-refractivity contribution in [1.82, 2.24) is 0 Å². The molecule has 0 aliphatic rings. The van der Waals surface area contributed by atoms with Crippen molar-refractivity contribution in [2.75, 3.05) is 0 Å². The van der Waals surface area contributed by atoms with Crippen molar-refractivity contribution in [3.8, 4) is 24.3 Å². The third-order valence-corrected chi connectivity index (χ3v) is 2.96. The van der Waals surface area contributed by atoms with Gasteiger partial charge < -0.3 is 11.5 Å². The number of nitrogens with two attached hydrogens (primary N) is 2. The molecule has 1 aromatic rings. The number of hydrogen-bond donors (Lipinski definition) is 2. The second kappa shape index (κ2) is 6.88. The van der Waals surface area contributed by atoms with Crippen LogP contribution in [0.2, 0.25) is 0 Å². The molecule has 20 heavy (non-hydrogen) atoms. The van der Waals surface area contributed by atoms with Crippen LogP contribution in [0.25, 0.3) is 0 Å². The van der Waals surface area contributed by atoms with E-state index in [1.165, 1.54) is 0 Å². The fourth-order valence-electron chi connectivity index (χ4n) is 1.91. The van der Waals surface area contributed by atoms with Crippen LogP contribution >= 0.6 is 0 Å². The molecular formula is C14H12N6. The number of hydrogen-bond acceptors (Lipinski definition) is 6. The SMILES string of the molecule is N#CC(N)C(C#N)c1ccccc1C(C#N)C(N)C#N. The third kappa shape index (κ3) is 2.91. The fraction of sp³-hybridized carbons (Fsp3) is 0.286. The minimum absolute atomic E-state index is 0.460. The van der Waals surface area contributed by atoms with E-state index in [0.717, 1.165) is 0 Å². The van der Waals surface area contributed by atoms with E-state index in [1.807, 2.05) is 24.3 Å². The highest BCUT2D eigenvalue weighted by Crippen LogP contribution is 2.29. The molecule has 1 aromatic carbocycles. The molecule has 0 aliphatic heterocycles. The van der Waals surface area contributed by atoms with Crippen molar-refractivity contribution < 1.29 is 0 Å². The molecule has 0 saturated heterocycles. The van der Waals surface area contributed by atoms with Gasteiger partial charge in [-0.3, -0.25) is 0 Å². The predicted molar refractivity (Wildman–Crippen MR) is 70.3 cm³/mol. The monoisotopic (exact) mass is 264 g/mol. The predicted octanol–water partition coefficient (Wildman–Crippen LogP) is 0.603. The van der Waals surface area contributed by atoms with Crippen molar-refractivity contribution in [2.24, 2.45) is 11.5 Å². The lowest BCUT2D eigenvalue weighted by Gasteiger charge is -2.20. The maximum atomic E-state index is 9.20. The zero-order valence-corrected chi connectivity index (χ0v) is 10.6. The first-order valence-corrected chi connectivity index (χ1v) is 5.79. The van der Waals surface area contributed by atoms with Crippen molar-refractivity contribution in [3.63, 3.8) is 0 Å². The van der Waals surface area contributed by atoms with E-state index in [1.54, 1.807) is 24.3 Å². The second-order valence-electron chi connectivity index (χ2n) is 4.15. The fourth-order valence-corrected chi connectivity index (χ4v) is 1.91. The Balaban J connectivity index is 3.39. The Morgan fingerprint density at radius 2 is 1.05 bits per heavy atom. The lowest BCUT2D eigenvalue weighted by Crippen LogP contribution is -2.30. The van der Waals surface area contributed by atoms with E-state index in [2.05, 4.69) is 0 Å². The average Bonchev–Trinajstić information content (AvgIpc) is 2.49. The van der Waals surface area contributed by atoms with E-state index in [9.17, 15) is 10.5 Å². The molecule has 0 fully saturated rings. The Labute approximate surface area is 117 Å². The summed E-state index contributed by atoms with van der Waals surface area (Å²) in [4.78, 5) is 0. The van der Waals surface area contributed by atoms with Gasteiger partial charge in [-0.2, -0.15) is 21.0 Å². The van der Waals surface area contributed by atoms with E-state index in [-0.39, 0.29) is 0 Å². The normalized spacial score (nSPS) is 15.5. The first-order valence-electron chi connectivity index (χ1n) is 5.79. The van der Waals surface area contributed by atoms with Crippen molar-refractivity contribution in [2.45, 2.75) is 23.9 Å². The van der Waals surface area contributed by atoms with Crippen LogP contribution in [0, 0.1) is 45.3 Å². The quantitative estimate of drug-likeness (QED) is 0.813. The summed E-state index contributed by atoms with van der Waals surface area (Å²) in [7, 11) is 0. The Morgan fingerprint density at radius 3 is 1.30 bits per heavy atom. The first-order chi connectivity index (χ1) is 9.60. The van der Waals surface area contributed by atoms with E-state index >= 15 is 0 Å². The van der Waals surface area contributed by atoms with Gasteiger partial charge in [0.2, 0.25) is 0 Å². The zero-order chi connectivity index (χ0) is 15.1. The molecular weight excluding hydrogens is 252 g/mol. The molecule has 4 atom stereocenters. The molecule has 6 nitrogen and oxygen atoms in total. The van der Waals surface area contributed by atoms with Gasteiger partial charge in [-0.25, -0.2) is 0 Å². The summed E-state index contributed by atoms with van der Waals surface area (Å²) < 4.78 is 0. The summed E-state index contributed by atoms with van der Waals surface area (Å²) >= 11 is 0. The van der Waals surface area contributed by atoms with Crippen LogP contribution in [0.15, 0.2) is 24.3 Å². The molecule has 4 unspecified atom stereocenters. The van der Waals surface area contributed by atoms with E-state index in [4.69, 9.17) is 22.0 Å². The Hall–Kier alpha value is -2.90. The van der Waals surface area contributed by atoms with Gasteiger partial charge in [0.05, 0.1) is 24.3 Å². The molecule has 0 radical (unpaired) electrons. The lowest BCUT2D eigenvalue weighted by molar-refractivity contribution is 0.696. The van der Waals surface area contributed by atoms with Gasteiger partial charge in [-0.05, 0) is 11.1 Å². The van der Waals surface area contributed by atoms with Crippen LogP contribution in [0.1, 0.15) is 23.0 Å². The van der Waals surface area contributed by atoms with Gasteiger partial charge in [0, 0.05) is 0 Å². The molecule has 0 heterocycles. The topological polar surface area (TPSA) is 147 Å². The summed E-state index contributed by atoms with van der Waals surface area (Å²) in [6, 6.07) is 12.1. The first kappa shape index (κ1) is 15.2. The summed E-state index contributed by atoms with van der Waals surface area (Å²) in [5, 5.41) is 36.1. The average molecular weight is 264 g/mol. The smallest absolute Gasteiger partial charge is 0.113 e. The standard InChI is InChI=1S/C14H12N6/c15-5-11(13(19)7-17)9-3-1-2-4-10(9)12(6-16)14(20)8-18/h1-4,11-14H,19-20H2. The van der Waals surface area contributed by atoms with Crippen molar-refractivity contribution in [3.05, 3.63) is 35.4 Å². The van der Waals surface area contributed by atoms with Crippen LogP contribution in [-0.2, 0) is 0 Å². The summed E-state index contributed by atoms with van der Waals surface area (Å²) in [6.45, 7) is 0. The molecule has 98 valence electrons. The van der Waals surface area contributed by atoms with Crippen molar-refractivity contribution in [1.29, 1.82) is 21.0 Å². The number of rotatable bonds is 4. The third-order valence-electron chi connectivity index (χ3n) is 2.96. The molecule has 0 amide bonds. The van der Waals surface area contributed by atoms with Crippen LogP contribution in [-0.4, -0.2) is 12.1 Å². The largest absolute Gasteiger partial charge is 0.315 e. The van der Waals surface area contributed by atoms with Gasteiger partial charge in [0.25, 0.3) is 0 Å². The lowest BCUT2D eigenvalue weighted by atomic mass is 9.83. The van der Waals surface area contributed by atoms with Crippen LogP contribution in [0.5, 0.6) is 0 Å². The van der Waals surface area contributed by atoms with Gasteiger partial charge >= 0.3 is 0 Å². The zero-order valence-electron chi connectivity index (χ0n) is 10.6. The molecule has 0 bridgehead atoms. The van der Waals surface area contributed by atoms with E-state index < -0.39 is 23.9 Å². The minimum Gasteiger partial charge on any atom is -0.315 e. The number of nitrogens with zero attached hydrogens (tertiary/aromatic N) is 4. The number of benzene rings is 1. The highest BCUT2D eigenvalue weighted by atomic mass is 14.7. The molecule has 0 aromatic heterocycles. The molecule has 4 N–H and O–H groups in total. The maximum Gasteiger partial charge on any atom is 0.113 e. The Morgan fingerprint density at radius 1 is 0.700 bits per heavy atom. The molecule has 1 rings (SSSR count). The summed E-state index contributed by atoms with van der Waals surface area (Å²) in [5.74, 6) is -1.75.